The molecule has 0 saturated heterocycles. The molecule has 0 heterocycles. The molecule has 0 aromatic heterocycles. The molecule has 1 fully saturated rings. The third kappa shape index (κ3) is 4.02. The van der Waals surface area contributed by atoms with Gasteiger partial charge in [-0.05, 0) is 61.1 Å². The molecule has 1 aromatic rings. The molecule has 1 aliphatic carbocycles. The van der Waals surface area contributed by atoms with Crippen LogP contribution in [0.5, 0.6) is 0 Å². The lowest BCUT2D eigenvalue weighted by Crippen LogP contribution is -2.44. The van der Waals surface area contributed by atoms with Gasteiger partial charge in [-0.3, -0.25) is 11.3 Å². The molecule has 3 N–H and O–H groups in total. The number of hydrazine groups is 1. The van der Waals surface area contributed by atoms with Gasteiger partial charge in [-0.25, -0.2) is 4.39 Å². The Bertz CT molecular complexity index is 380. The Hall–Kier alpha value is -0.930. The van der Waals surface area contributed by atoms with E-state index < -0.39 is 0 Å². The van der Waals surface area contributed by atoms with Gasteiger partial charge in [-0.1, -0.05) is 26.0 Å². The Labute approximate surface area is 115 Å². The van der Waals surface area contributed by atoms with Crippen LogP contribution in [0, 0.1) is 23.6 Å². The summed E-state index contributed by atoms with van der Waals surface area (Å²) in [7, 11) is 0. The molecule has 19 heavy (non-hydrogen) atoms. The van der Waals surface area contributed by atoms with Crippen molar-refractivity contribution in [2.24, 2.45) is 23.6 Å². The predicted octanol–water partition coefficient (Wildman–Crippen LogP) is 3.27. The summed E-state index contributed by atoms with van der Waals surface area (Å²) in [6.07, 6.45) is 4.67. The van der Waals surface area contributed by atoms with Crippen molar-refractivity contribution in [1.29, 1.82) is 0 Å². The van der Waals surface area contributed by atoms with E-state index in [1.807, 2.05) is 12.1 Å². The topological polar surface area (TPSA) is 38.0 Å². The van der Waals surface area contributed by atoms with Crippen LogP contribution in [-0.4, -0.2) is 6.04 Å². The summed E-state index contributed by atoms with van der Waals surface area (Å²) in [5, 5.41) is 0. The van der Waals surface area contributed by atoms with Crippen molar-refractivity contribution in [2.75, 3.05) is 0 Å². The highest BCUT2D eigenvalue weighted by molar-refractivity contribution is 5.17. The summed E-state index contributed by atoms with van der Waals surface area (Å²) >= 11 is 0. The van der Waals surface area contributed by atoms with Crippen LogP contribution in [0.1, 0.15) is 38.7 Å². The van der Waals surface area contributed by atoms with Crippen LogP contribution in [0.2, 0.25) is 0 Å². The average molecular weight is 264 g/mol. The van der Waals surface area contributed by atoms with Crippen molar-refractivity contribution in [2.45, 2.75) is 45.6 Å². The lowest BCUT2D eigenvalue weighted by molar-refractivity contribution is 0.175. The van der Waals surface area contributed by atoms with Gasteiger partial charge in [0.2, 0.25) is 0 Å². The van der Waals surface area contributed by atoms with Crippen LogP contribution < -0.4 is 11.3 Å². The molecule has 1 aliphatic rings. The second kappa shape index (κ2) is 6.49. The minimum absolute atomic E-state index is 0.180. The number of nitrogens with two attached hydrogens (primary N) is 1. The van der Waals surface area contributed by atoms with Gasteiger partial charge in [-0.15, -0.1) is 0 Å². The van der Waals surface area contributed by atoms with Gasteiger partial charge >= 0.3 is 0 Å². The molecule has 3 atom stereocenters. The van der Waals surface area contributed by atoms with Crippen molar-refractivity contribution in [3.8, 4) is 0 Å². The second-order valence-corrected chi connectivity index (χ2v) is 6.28. The summed E-state index contributed by atoms with van der Waals surface area (Å²) in [6, 6.07) is 7.05. The van der Waals surface area contributed by atoms with Crippen LogP contribution in [0.4, 0.5) is 4.39 Å². The Morgan fingerprint density at radius 3 is 2.26 bits per heavy atom. The van der Waals surface area contributed by atoms with E-state index >= 15 is 0 Å². The normalized spacial score (nSPS) is 29.2. The first kappa shape index (κ1) is 14.5. The second-order valence-electron chi connectivity index (χ2n) is 6.28. The quantitative estimate of drug-likeness (QED) is 0.647. The number of halogens is 1. The minimum Gasteiger partial charge on any atom is -0.271 e. The fourth-order valence-electron chi connectivity index (χ4n) is 3.57. The number of hydrogen-bond donors (Lipinski definition) is 2. The van der Waals surface area contributed by atoms with Crippen LogP contribution >= 0.6 is 0 Å². The van der Waals surface area contributed by atoms with Gasteiger partial charge in [-0.2, -0.15) is 0 Å². The molecule has 106 valence electrons. The molecular formula is C16H25FN2. The van der Waals surface area contributed by atoms with Gasteiger partial charge in [0.25, 0.3) is 0 Å². The summed E-state index contributed by atoms with van der Waals surface area (Å²) < 4.78 is 12.9. The Kier molecular flexibility index (Phi) is 4.94. The fourth-order valence-corrected chi connectivity index (χ4v) is 3.57. The third-order valence-electron chi connectivity index (χ3n) is 4.37. The van der Waals surface area contributed by atoms with Crippen molar-refractivity contribution < 1.29 is 4.39 Å². The molecule has 0 aliphatic heterocycles. The SMILES string of the molecule is CC1CC(C)CC(C(Cc2ccc(F)cc2)NN)C1. The molecule has 0 spiro atoms. The van der Waals surface area contributed by atoms with E-state index in [-0.39, 0.29) is 11.9 Å². The minimum atomic E-state index is -0.180. The lowest BCUT2D eigenvalue weighted by Gasteiger charge is -2.36. The van der Waals surface area contributed by atoms with Crippen molar-refractivity contribution in [1.82, 2.24) is 5.43 Å². The van der Waals surface area contributed by atoms with E-state index in [0.717, 1.165) is 23.8 Å². The molecule has 0 radical (unpaired) electrons. The molecule has 2 rings (SSSR count). The molecule has 0 bridgehead atoms. The monoisotopic (exact) mass is 264 g/mol. The van der Waals surface area contributed by atoms with E-state index in [9.17, 15) is 4.39 Å². The summed E-state index contributed by atoms with van der Waals surface area (Å²) in [6.45, 7) is 4.66. The van der Waals surface area contributed by atoms with Crippen LogP contribution in [-0.2, 0) is 6.42 Å². The average Bonchev–Trinajstić information content (AvgIpc) is 2.37. The molecule has 3 unspecified atom stereocenters. The largest absolute Gasteiger partial charge is 0.271 e. The zero-order chi connectivity index (χ0) is 13.8. The molecule has 3 heteroatoms. The smallest absolute Gasteiger partial charge is 0.123 e. The molecule has 0 amide bonds. The first-order valence-corrected chi connectivity index (χ1v) is 7.29. The van der Waals surface area contributed by atoms with Gasteiger partial charge in [0, 0.05) is 6.04 Å². The number of benzene rings is 1. The zero-order valence-corrected chi connectivity index (χ0v) is 11.9. The molecular weight excluding hydrogens is 239 g/mol. The zero-order valence-electron chi connectivity index (χ0n) is 11.9. The standard InChI is InChI=1S/C16H25FN2/c1-11-7-12(2)9-14(8-11)16(19-18)10-13-3-5-15(17)6-4-13/h3-6,11-12,14,16,19H,7-10,18H2,1-2H3. The Balaban J connectivity index is 2.01. The van der Waals surface area contributed by atoms with Crippen LogP contribution in [0.3, 0.4) is 0 Å². The highest BCUT2D eigenvalue weighted by Crippen LogP contribution is 2.35. The van der Waals surface area contributed by atoms with Crippen molar-refractivity contribution in [3.05, 3.63) is 35.6 Å². The third-order valence-corrected chi connectivity index (χ3v) is 4.37. The first-order valence-electron chi connectivity index (χ1n) is 7.29. The van der Waals surface area contributed by atoms with E-state index in [0.29, 0.717) is 5.92 Å². The maximum Gasteiger partial charge on any atom is 0.123 e. The highest BCUT2D eigenvalue weighted by Gasteiger charge is 2.29. The van der Waals surface area contributed by atoms with Crippen LogP contribution in [0.25, 0.3) is 0 Å². The highest BCUT2D eigenvalue weighted by atomic mass is 19.1. The summed E-state index contributed by atoms with van der Waals surface area (Å²) in [5.74, 6) is 7.74. The van der Waals surface area contributed by atoms with Gasteiger partial charge in [0.05, 0.1) is 0 Å². The fraction of sp³-hybridized carbons (Fsp3) is 0.625. The maximum absolute atomic E-state index is 12.9. The number of hydrogen-bond acceptors (Lipinski definition) is 2. The molecule has 1 saturated carbocycles. The van der Waals surface area contributed by atoms with E-state index in [2.05, 4.69) is 19.3 Å². The first-order chi connectivity index (χ1) is 9.08. The number of rotatable bonds is 4. The lowest BCUT2D eigenvalue weighted by atomic mass is 9.73. The van der Waals surface area contributed by atoms with Gasteiger partial charge in [0.1, 0.15) is 5.82 Å². The summed E-state index contributed by atoms with van der Waals surface area (Å²) in [5.41, 5.74) is 4.13. The predicted molar refractivity (Wildman–Crippen MR) is 76.9 cm³/mol. The Morgan fingerprint density at radius 2 is 1.74 bits per heavy atom. The molecule has 1 aromatic carbocycles. The van der Waals surface area contributed by atoms with Crippen molar-refractivity contribution in [3.63, 3.8) is 0 Å². The van der Waals surface area contributed by atoms with Gasteiger partial charge in [0.15, 0.2) is 0 Å². The van der Waals surface area contributed by atoms with E-state index in [1.54, 1.807) is 0 Å². The summed E-state index contributed by atoms with van der Waals surface area (Å²) in [4.78, 5) is 0. The van der Waals surface area contributed by atoms with Gasteiger partial charge < -0.3 is 0 Å². The Morgan fingerprint density at radius 1 is 1.16 bits per heavy atom. The van der Waals surface area contributed by atoms with Crippen molar-refractivity contribution >= 4 is 0 Å². The van der Waals surface area contributed by atoms with E-state index in [1.165, 1.54) is 31.4 Å². The van der Waals surface area contributed by atoms with Crippen LogP contribution in [0.15, 0.2) is 24.3 Å². The number of nitrogens with one attached hydrogen (secondary N) is 1. The molecule has 2 nitrogen and oxygen atoms in total. The van der Waals surface area contributed by atoms with E-state index in [4.69, 9.17) is 5.84 Å². The maximum atomic E-state index is 12.9.